The third-order valence-corrected chi connectivity index (χ3v) is 5.24. The zero-order valence-corrected chi connectivity index (χ0v) is 17.1. The minimum absolute atomic E-state index is 0.234. The second-order valence-corrected chi connectivity index (χ2v) is 7.70. The number of aromatic nitrogens is 2. The average Bonchev–Trinajstić information content (AvgIpc) is 3.10. The molecule has 28 heavy (non-hydrogen) atoms. The standard InChI is InChI=1S/C23H34N2O3/c1-2-3-4-5-6-7-8-9-10-11-12-13-14-19-18-25(23(28)24-22(19)27)20-15-16-21(26)17-20/h15-16,18,20-21,26H,2-12,17H2,1H3,(H,24,27,28)/t20-,21+/m0/s1. The number of allylic oxidation sites excluding steroid dienone is 1. The molecular weight excluding hydrogens is 352 g/mol. The van der Waals surface area contributed by atoms with E-state index in [4.69, 9.17) is 0 Å². The summed E-state index contributed by atoms with van der Waals surface area (Å²) in [5.74, 6) is 5.97. The first kappa shape index (κ1) is 22.2. The molecule has 1 aromatic rings. The van der Waals surface area contributed by atoms with E-state index in [2.05, 4.69) is 23.7 Å². The van der Waals surface area contributed by atoms with Crippen LogP contribution in [0.25, 0.3) is 0 Å². The largest absolute Gasteiger partial charge is 0.389 e. The lowest BCUT2D eigenvalue weighted by Gasteiger charge is -2.12. The molecule has 2 rings (SSSR count). The second-order valence-electron chi connectivity index (χ2n) is 7.70. The smallest absolute Gasteiger partial charge is 0.328 e. The van der Waals surface area contributed by atoms with Gasteiger partial charge in [0.05, 0.1) is 12.1 Å². The number of H-pyrrole nitrogens is 1. The molecule has 0 radical (unpaired) electrons. The van der Waals surface area contributed by atoms with Gasteiger partial charge in [0.15, 0.2) is 0 Å². The van der Waals surface area contributed by atoms with E-state index in [9.17, 15) is 14.7 Å². The van der Waals surface area contributed by atoms with E-state index in [1.807, 2.05) is 0 Å². The Balaban J connectivity index is 1.71. The summed E-state index contributed by atoms with van der Waals surface area (Å²) < 4.78 is 1.44. The Kier molecular flexibility index (Phi) is 9.85. The molecular formula is C23H34N2O3. The monoisotopic (exact) mass is 386 g/mol. The molecule has 1 aromatic heterocycles. The van der Waals surface area contributed by atoms with Crippen LogP contribution in [0, 0.1) is 11.8 Å². The summed E-state index contributed by atoms with van der Waals surface area (Å²) in [7, 11) is 0. The van der Waals surface area contributed by atoms with Crippen molar-refractivity contribution in [3.05, 3.63) is 44.8 Å². The highest BCUT2D eigenvalue weighted by Crippen LogP contribution is 2.21. The van der Waals surface area contributed by atoms with E-state index in [0.717, 1.165) is 12.8 Å². The van der Waals surface area contributed by atoms with Gasteiger partial charge in [-0.3, -0.25) is 14.3 Å². The molecule has 0 fully saturated rings. The van der Waals surface area contributed by atoms with E-state index in [0.29, 0.717) is 12.0 Å². The van der Waals surface area contributed by atoms with E-state index in [1.54, 1.807) is 12.2 Å². The van der Waals surface area contributed by atoms with Crippen molar-refractivity contribution in [2.75, 3.05) is 0 Å². The Labute approximate surface area is 167 Å². The molecule has 1 aliphatic carbocycles. The zero-order valence-electron chi connectivity index (χ0n) is 17.1. The van der Waals surface area contributed by atoms with Crippen molar-refractivity contribution >= 4 is 0 Å². The fourth-order valence-corrected chi connectivity index (χ4v) is 3.55. The van der Waals surface area contributed by atoms with E-state index >= 15 is 0 Å². The lowest BCUT2D eigenvalue weighted by molar-refractivity contribution is 0.209. The summed E-state index contributed by atoms with van der Waals surface area (Å²) in [5, 5.41) is 9.60. The molecule has 0 bridgehead atoms. The Bertz CT molecular complexity index is 795. The summed E-state index contributed by atoms with van der Waals surface area (Å²) >= 11 is 0. The van der Waals surface area contributed by atoms with Crippen LogP contribution in [0.4, 0.5) is 0 Å². The van der Waals surface area contributed by atoms with Gasteiger partial charge in [-0.1, -0.05) is 88.7 Å². The minimum Gasteiger partial charge on any atom is -0.389 e. The number of aliphatic hydroxyl groups is 1. The summed E-state index contributed by atoms with van der Waals surface area (Å²) in [6, 6.07) is -0.234. The molecule has 0 aromatic carbocycles. The van der Waals surface area contributed by atoms with Crippen LogP contribution < -0.4 is 11.2 Å². The molecule has 1 aliphatic rings. The minimum atomic E-state index is -0.547. The average molecular weight is 387 g/mol. The first-order valence-corrected chi connectivity index (χ1v) is 10.8. The highest BCUT2D eigenvalue weighted by molar-refractivity contribution is 5.30. The number of hydrogen-bond donors (Lipinski definition) is 2. The van der Waals surface area contributed by atoms with Gasteiger partial charge in [0.1, 0.15) is 5.56 Å². The van der Waals surface area contributed by atoms with Gasteiger partial charge in [0.25, 0.3) is 5.56 Å². The van der Waals surface area contributed by atoms with Crippen molar-refractivity contribution in [3.8, 4) is 11.8 Å². The zero-order chi connectivity index (χ0) is 20.2. The molecule has 5 heteroatoms. The molecule has 0 saturated heterocycles. The van der Waals surface area contributed by atoms with Crippen LogP contribution in [0.3, 0.4) is 0 Å². The van der Waals surface area contributed by atoms with Crippen molar-refractivity contribution in [3.63, 3.8) is 0 Å². The third kappa shape index (κ3) is 7.52. The topological polar surface area (TPSA) is 75.1 Å². The number of aromatic amines is 1. The molecule has 1 heterocycles. The Morgan fingerprint density at radius 3 is 2.29 bits per heavy atom. The highest BCUT2D eigenvalue weighted by Gasteiger charge is 2.19. The molecule has 0 aliphatic heterocycles. The van der Waals surface area contributed by atoms with Crippen molar-refractivity contribution in [2.24, 2.45) is 0 Å². The van der Waals surface area contributed by atoms with Gasteiger partial charge in [-0.2, -0.15) is 0 Å². The molecule has 0 amide bonds. The number of nitrogens with zero attached hydrogens (tertiary/aromatic N) is 1. The maximum Gasteiger partial charge on any atom is 0.328 e. The van der Waals surface area contributed by atoms with E-state index < -0.39 is 17.4 Å². The lowest BCUT2D eigenvalue weighted by Crippen LogP contribution is -2.33. The second kappa shape index (κ2) is 12.4. The van der Waals surface area contributed by atoms with E-state index in [1.165, 1.54) is 68.6 Å². The molecule has 0 saturated carbocycles. The number of unbranched alkanes of at least 4 members (excludes halogenated alkanes) is 10. The maximum atomic E-state index is 12.0. The Hall–Kier alpha value is -2.06. The van der Waals surface area contributed by atoms with Gasteiger partial charge in [0.2, 0.25) is 0 Å². The van der Waals surface area contributed by atoms with Crippen LogP contribution >= 0.6 is 0 Å². The fraction of sp³-hybridized carbons (Fsp3) is 0.652. The van der Waals surface area contributed by atoms with Crippen LogP contribution in [0.5, 0.6) is 0 Å². The van der Waals surface area contributed by atoms with Crippen LogP contribution in [0.15, 0.2) is 27.9 Å². The predicted octanol–water partition coefficient (Wildman–Crippen LogP) is 4.06. The molecule has 154 valence electrons. The number of aliphatic hydroxyl groups excluding tert-OH is 1. The molecule has 5 nitrogen and oxygen atoms in total. The van der Waals surface area contributed by atoms with Gasteiger partial charge in [-0.15, -0.1) is 0 Å². The highest BCUT2D eigenvalue weighted by atomic mass is 16.3. The predicted molar refractivity (Wildman–Crippen MR) is 113 cm³/mol. The number of hydrogen-bond acceptors (Lipinski definition) is 3. The first-order chi connectivity index (χ1) is 13.6. The Morgan fingerprint density at radius 2 is 1.68 bits per heavy atom. The summed E-state index contributed by atoms with van der Waals surface area (Å²) in [4.78, 5) is 26.3. The van der Waals surface area contributed by atoms with Crippen molar-refractivity contribution in [1.29, 1.82) is 0 Å². The quantitative estimate of drug-likeness (QED) is 0.342. The van der Waals surface area contributed by atoms with Gasteiger partial charge >= 0.3 is 5.69 Å². The number of rotatable bonds is 11. The molecule has 2 atom stereocenters. The SMILES string of the molecule is CCCCCCCCCCCCC#Cc1cn([C@H]2C=C[C@@H](O)C2)c(=O)[nH]c1=O. The van der Waals surface area contributed by atoms with E-state index in [-0.39, 0.29) is 6.04 Å². The van der Waals surface area contributed by atoms with Gasteiger partial charge in [0, 0.05) is 19.0 Å². The molecule has 0 unspecified atom stereocenters. The number of nitrogens with one attached hydrogen (secondary N) is 1. The van der Waals surface area contributed by atoms with Gasteiger partial charge < -0.3 is 5.11 Å². The first-order valence-electron chi connectivity index (χ1n) is 10.8. The third-order valence-electron chi connectivity index (χ3n) is 5.24. The summed E-state index contributed by atoms with van der Waals surface area (Å²) in [6.45, 7) is 2.24. The normalized spacial score (nSPS) is 18.2. The van der Waals surface area contributed by atoms with Crippen molar-refractivity contribution in [2.45, 2.75) is 96.1 Å². The summed E-state index contributed by atoms with van der Waals surface area (Å²) in [6.07, 6.45) is 18.5. The summed E-state index contributed by atoms with van der Waals surface area (Å²) in [5.41, 5.74) is -0.602. The maximum absolute atomic E-state index is 12.0. The van der Waals surface area contributed by atoms with Crippen LogP contribution in [-0.2, 0) is 0 Å². The molecule has 0 spiro atoms. The van der Waals surface area contributed by atoms with Crippen LogP contribution in [0.2, 0.25) is 0 Å². The fourth-order valence-electron chi connectivity index (χ4n) is 3.55. The molecule has 2 N–H and O–H groups in total. The Morgan fingerprint density at radius 1 is 1.04 bits per heavy atom. The van der Waals surface area contributed by atoms with Crippen molar-refractivity contribution < 1.29 is 5.11 Å². The van der Waals surface area contributed by atoms with Crippen LogP contribution in [0.1, 0.15) is 95.6 Å². The van der Waals surface area contributed by atoms with Crippen LogP contribution in [-0.4, -0.2) is 20.8 Å². The lowest BCUT2D eigenvalue weighted by atomic mass is 10.1. The van der Waals surface area contributed by atoms with Crippen molar-refractivity contribution in [1.82, 2.24) is 9.55 Å². The van der Waals surface area contributed by atoms with Gasteiger partial charge in [-0.05, 0) is 6.42 Å². The van der Waals surface area contributed by atoms with Gasteiger partial charge in [-0.25, -0.2) is 4.79 Å².